The number of halogens is 1. The molecule has 0 unspecified atom stereocenters. The molecule has 114 valence electrons. The monoisotopic (exact) mass is 333 g/mol. The van der Waals surface area contributed by atoms with Crippen LogP contribution in [-0.2, 0) is 15.6 Å². The predicted molar refractivity (Wildman–Crippen MR) is 73.6 cm³/mol. The minimum atomic E-state index is -4.24. The SMILES string of the molecule is CC(C)n1ccc(Cn2cc(S(=O)(=O)Cl)c([N+](=O)[O-])n2)n1. The third-order valence-electron chi connectivity index (χ3n) is 2.66. The summed E-state index contributed by atoms with van der Waals surface area (Å²) in [6, 6.07) is 1.90. The molecular formula is C10H12ClN5O4S. The van der Waals surface area contributed by atoms with Crippen molar-refractivity contribution in [2.75, 3.05) is 0 Å². The summed E-state index contributed by atoms with van der Waals surface area (Å²) in [5.41, 5.74) is 0.597. The minimum absolute atomic E-state index is 0.104. The first kappa shape index (κ1) is 15.4. The Balaban J connectivity index is 2.34. The molecule has 0 atom stereocenters. The smallest absolute Gasteiger partial charge is 0.358 e. The van der Waals surface area contributed by atoms with E-state index in [0.29, 0.717) is 5.69 Å². The lowest BCUT2D eigenvalue weighted by Gasteiger charge is -2.03. The molecule has 0 amide bonds. The third-order valence-corrected chi connectivity index (χ3v) is 3.97. The first-order chi connectivity index (χ1) is 9.68. The molecule has 2 heterocycles. The van der Waals surface area contributed by atoms with Gasteiger partial charge in [-0.1, -0.05) is 0 Å². The molecule has 0 N–H and O–H groups in total. The van der Waals surface area contributed by atoms with Crippen molar-refractivity contribution in [2.45, 2.75) is 31.3 Å². The van der Waals surface area contributed by atoms with Crippen molar-refractivity contribution < 1.29 is 13.3 Å². The van der Waals surface area contributed by atoms with Gasteiger partial charge < -0.3 is 10.1 Å². The molecule has 0 saturated heterocycles. The Labute approximate surface area is 124 Å². The van der Waals surface area contributed by atoms with Crippen LogP contribution in [0.3, 0.4) is 0 Å². The maximum absolute atomic E-state index is 11.3. The summed E-state index contributed by atoms with van der Waals surface area (Å²) in [5.74, 6) is -0.798. The van der Waals surface area contributed by atoms with Crippen molar-refractivity contribution in [3.63, 3.8) is 0 Å². The molecule has 9 nitrogen and oxygen atoms in total. The van der Waals surface area contributed by atoms with Crippen molar-refractivity contribution >= 4 is 25.6 Å². The fourth-order valence-electron chi connectivity index (χ4n) is 1.69. The Morgan fingerprint density at radius 2 is 2.10 bits per heavy atom. The van der Waals surface area contributed by atoms with Gasteiger partial charge in [0.2, 0.25) is 4.90 Å². The maximum atomic E-state index is 11.3. The van der Waals surface area contributed by atoms with Crippen LogP contribution in [0.5, 0.6) is 0 Å². The van der Waals surface area contributed by atoms with Gasteiger partial charge in [-0.2, -0.15) is 9.78 Å². The number of nitrogens with zero attached hydrogens (tertiary/aromatic N) is 5. The number of hydrogen-bond acceptors (Lipinski definition) is 6. The van der Waals surface area contributed by atoms with E-state index < -0.39 is 24.7 Å². The Hall–Kier alpha value is -1.94. The maximum Gasteiger partial charge on any atom is 0.410 e. The van der Waals surface area contributed by atoms with E-state index in [4.69, 9.17) is 10.7 Å². The Kier molecular flexibility index (Phi) is 4.01. The second-order valence-corrected chi connectivity index (χ2v) is 7.12. The summed E-state index contributed by atoms with van der Waals surface area (Å²) in [6.45, 7) is 4.01. The summed E-state index contributed by atoms with van der Waals surface area (Å²) in [5, 5.41) is 18.7. The van der Waals surface area contributed by atoms with E-state index in [1.165, 1.54) is 0 Å². The van der Waals surface area contributed by atoms with E-state index in [9.17, 15) is 18.5 Å². The van der Waals surface area contributed by atoms with Crippen molar-refractivity contribution in [1.29, 1.82) is 0 Å². The van der Waals surface area contributed by atoms with Crippen LogP contribution in [0, 0.1) is 10.1 Å². The summed E-state index contributed by atoms with van der Waals surface area (Å²) in [4.78, 5) is 9.30. The molecule has 0 aliphatic rings. The van der Waals surface area contributed by atoms with E-state index in [1.807, 2.05) is 13.8 Å². The second-order valence-electron chi connectivity index (χ2n) is 4.59. The lowest BCUT2D eigenvalue weighted by Crippen LogP contribution is -2.05. The van der Waals surface area contributed by atoms with Gasteiger partial charge in [-0.25, -0.2) is 8.42 Å². The number of aromatic nitrogens is 4. The van der Waals surface area contributed by atoms with E-state index in [2.05, 4.69) is 10.2 Å². The fraction of sp³-hybridized carbons (Fsp3) is 0.400. The normalized spacial score (nSPS) is 12.0. The van der Waals surface area contributed by atoms with Crippen LogP contribution in [0.1, 0.15) is 25.6 Å². The zero-order valence-electron chi connectivity index (χ0n) is 11.2. The van der Waals surface area contributed by atoms with Gasteiger partial charge in [-0.3, -0.25) is 4.68 Å². The average molecular weight is 334 g/mol. The molecule has 2 aromatic heterocycles. The van der Waals surface area contributed by atoms with Crippen LogP contribution in [0.25, 0.3) is 0 Å². The zero-order valence-corrected chi connectivity index (χ0v) is 12.7. The van der Waals surface area contributed by atoms with Crippen molar-refractivity contribution in [1.82, 2.24) is 19.6 Å². The highest BCUT2D eigenvalue weighted by molar-refractivity contribution is 8.13. The first-order valence-corrected chi connectivity index (χ1v) is 8.20. The zero-order chi connectivity index (χ0) is 15.8. The Morgan fingerprint density at radius 3 is 2.52 bits per heavy atom. The lowest BCUT2D eigenvalue weighted by molar-refractivity contribution is -0.392. The van der Waals surface area contributed by atoms with E-state index >= 15 is 0 Å². The molecule has 0 saturated carbocycles. The highest BCUT2D eigenvalue weighted by Crippen LogP contribution is 2.25. The van der Waals surface area contributed by atoms with Crippen LogP contribution in [-0.4, -0.2) is 32.9 Å². The molecule has 0 radical (unpaired) electrons. The first-order valence-electron chi connectivity index (χ1n) is 5.89. The molecule has 11 heteroatoms. The molecule has 0 aromatic carbocycles. The van der Waals surface area contributed by atoms with Gasteiger partial charge in [0, 0.05) is 22.9 Å². The number of rotatable bonds is 5. The van der Waals surface area contributed by atoms with Crippen LogP contribution in [0.4, 0.5) is 5.82 Å². The van der Waals surface area contributed by atoms with Crippen molar-refractivity contribution in [3.8, 4) is 0 Å². The van der Waals surface area contributed by atoms with Gasteiger partial charge in [0.15, 0.2) is 0 Å². The van der Waals surface area contributed by atoms with Gasteiger partial charge in [0.05, 0.1) is 17.0 Å². The predicted octanol–water partition coefficient (Wildman–Crippen LogP) is 1.54. The molecule has 0 aliphatic carbocycles. The summed E-state index contributed by atoms with van der Waals surface area (Å²) in [7, 11) is 0.928. The summed E-state index contributed by atoms with van der Waals surface area (Å²) in [6.07, 6.45) is 2.78. The Bertz CT molecular complexity index is 779. The van der Waals surface area contributed by atoms with Gasteiger partial charge in [-0.05, 0) is 24.8 Å². The van der Waals surface area contributed by atoms with Crippen LogP contribution in [0.2, 0.25) is 0 Å². The number of hydrogen-bond donors (Lipinski definition) is 0. The molecule has 2 rings (SSSR count). The molecule has 0 fully saturated rings. The second kappa shape index (κ2) is 5.45. The quantitative estimate of drug-likeness (QED) is 0.466. The van der Waals surface area contributed by atoms with Crippen molar-refractivity contribution in [3.05, 3.63) is 34.3 Å². The minimum Gasteiger partial charge on any atom is -0.358 e. The molecular weight excluding hydrogens is 322 g/mol. The highest BCUT2D eigenvalue weighted by Gasteiger charge is 2.30. The lowest BCUT2D eigenvalue weighted by atomic mass is 10.4. The fourth-order valence-corrected chi connectivity index (χ4v) is 2.60. The Morgan fingerprint density at radius 1 is 1.43 bits per heavy atom. The van der Waals surface area contributed by atoms with E-state index in [0.717, 1.165) is 10.9 Å². The highest BCUT2D eigenvalue weighted by atomic mass is 35.7. The van der Waals surface area contributed by atoms with Gasteiger partial charge in [0.25, 0.3) is 9.05 Å². The van der Waals surface area contributed by atoms with Gasteiger partial charge in [-0.15, -0.1) is 0 Å². The standard InChI is InChI=1S/C10H12ClN5O4S/c1-7(2)15-4-3-8(12-15)5-14-6-9(21(11,19)20)10(13-14)16(17)18/h3-4,6-7H,5H2,1-2H3. The number of nitro groups is 1. The van der Waals surface area contributed by atoms with Gasteiger partial charge >= 0.3 is 5.82 Å². The van der Waals surface area contributed by atoms with E-state index in [-0.39, 0.29) is 12.6 Å². The molecule has 0 aliphatic heterocycles. The van der Waals surface area contributed by atoms with Crippen molar-refractivity contribution in [2.24, 2.45) is 0 Å². The van der Waals surface area contributed by atoms with Crippen LogP contribution in [0.15, 0.2) is 23.4 Å². The average Bonchev–Trinajstić information content (AvgIpc) is 2.95. The van der Waals surface area contributed by atoms with Crippen LogP contribution >= 0.6 is 10.7 Å². The molecule has 21 heavy (non-hydrogen) atoms. The van der Waals surface area contributed by atoms with Gasteiger partial charge in [0.1, 0.15) is 6.54 Å². The molecule has 0 bridgehead atoms. The molecule has 0 spiro atoms. The largest absolute Gasteiger partial charge is 0.410 e. The summed E-state index contributed by atoms with van der Waals surface area (Å²) >= 11 is 0. The topological polar surface area (TPSA) is 113 Å². The van der Waals surface area contributed by atoms with Crippen LogP contribution < -0.4 is 0 Å². The third kappa shape index (κ3) is 3.39. The molecule has 2 aromatic rings. The summed E-state index contributed by atoms with van der Waals surface area (Å²) < 4.78 is 25.5. The van der Waals surface area contributed by atoms with E-state index in [1.54, 1.807) is 16.9 Å².